The molecule has 30 heavy (non-hydrogen) atoms. The van der Waals surface area contributed by atoms with Crippen molar-refractivity contribution in [2.45, 2.75) is 39.5 Å². The summed E-state index contributed by atoms with van der Waals surface area (Å²) in [6, 6.07) is 12.2. The fourth-order valence-corrected chi connectivity index (χ4v) is 4.63. The zero-order valence-corrected chi connectivity index (χ0v) is 18.6. The van der Waals surface area contributed by atoms with Gasteiger partial charge in [-0.15, -0.1) is 0 Å². The molecule has 1 N–H and O–H groups in total. The molecule has 0 saturated carbocycles. The molecule has 0 radical (unpaired) electrons. The summed E-state index contributed by atoms with van der Waals surface area (Å²) >= 11 is 0. The lowest BCUT2D eigenvalue weighted by Crippen LogP contribution is -2.05. The zero-order valence-electron chi connectivity index (χ0n) is 17.7. The van der Waals surface area contributed by atoms with Crippen LogP contribution in [0.5, 0.6) is 0 Å². The molecule has 0 aliphatic heterocycles. The number of allylic oxidation sites excluding steroid dienone is 1. The lowest BCUT2D eigenvalue weighted by Gasteiger charge is -2.21. The first kappa shape index (κ1) is 21.9. The predicted octanol–water partition coefficient (Wildman–Crippen LogP) is 6.67. The Labute approximate surface area is 177 Å². The second kappa shape index (κ2) is 8.17. The van der Waals surface area contributed by atoms with Gasteiger partial charge in [0.05, 0.1) is 0 Å². The van der Waals surface area contributed by atoms with Crippen LogP contribution in [0.15, 0.2) is 53.4 Å². The van der Waals surface area contributed by atoms with Gasteiger partial charge in [0.1, 0.15) is 10.7 Å². The van der Waals surface area contributed by atoms with Gasteiger partial charge in [0.15, 0.2) is 0 Å². The maximum absolute atomic E-state index is 13.9. The van der Waals surface area contributed by atoms with Crippen LogP contribution in [0, 0.1) is 33.5 Å². The molecular formula is C25H25FO3S. The quantitative estimate of drug-likeness (QED) is 0.476. The summed E-state index contributed by atoms with van der Waals surface area (Å²) in [5.74, 6) is -0.274. The number of rotatable bonds is 4. The SMILES string of the molecule is CC=Cc1c(S(=O)(=O)O)ccc(C)c1-c1c(C)cc(C)cc1-c1ccc(F)c(C)c1. The van der Waals surface area contributed by atoms with E-state index < -0.39 is 10.1 Å². The summed E-state index contributed by atoms with van der Waals surface area (Å²) in [5, 5.41) is 0. The Morgan fingerprint density at radius 3 is 2.17 bits per heavy atom. The Kier molecular flexibility index (Phi) is 5.97. The highest BCUT2D eigenvalue weighted by molar-refractivity contribution is 7.86. The monoisotopic (exact) mass is 424 g/mol. The maximum atomic E-state index is 13.9. The van der Waals surface area contributed by atoms with Crippen molar-refractivity contribution in [1.29, 1.82) is 0 Å². The first-order chi connectivity index (χ1) is 14.0. The van der Waals surface area contributed by atoms with Gasteiger partial charge in [0.25, 0.3) is 10.1 Å². The molecule has 0 amide bonds. The average Bonchev–Trinajstić information content (AvgIpc) is 2.64. The molecule has 156 valence electrons. The van der Waals surface area contributed by atoms with E-state index in [1.807, 2.05) is 32.9 Å². The Bertz CT molecular complexity index is 1270. The minimum absolute atomic E-state index is 0.137. The van der Waals surface area contributed by atoms with Gasteiger partial charge in [-0.3, -0.25) is 4.55 Å². The van der Waals surface area contributed by atoms with Gasteiger partial charge in [0.2, 0.25) is 0 Å². The largest absolute Gasteiger partial charge is 0.295 e. The van der Waals surface area contributed by atoms with Crippen molar-refractivity contribution in [3.63, 3.8) is 0 Å². The zero-order chi connectivity index (χ0) is 22.2. The number of halogens is 1. The Hall–Kier alpha value is -2.76. The average molecular weight is 425 g/mol. The smallest absolute Gasteiger partial charge is 0.282 e. The fraction of sp³-hybridized carbons (Fsp3) is 0.200. The van der Waals surface area contributed by atoms with E-state index in [1.54, 1.807) is 44.2 Å². The van der Waals surface area contributed by atoms with Crippen LogP contribution in [0.2, 0.25) is 0 Å². The standard InChI is InChI=1S/C25H25FO3S/c1-6-7-20-23(30(27,28)29)11-8-16(3)24(20)25-18(5)12-15(2)13-21(25)19-9-10-22(26)17(4)14-19/h6-14H,1-5H3,(H,27,28,29). The summed E-state index contributed by atoms with van der Waals surface area (Å²) < 4.78 is 47.9. The summed E-state index contributed by atoms with van der Waals surface area (Å²) in [7, 11) is -4.41. The lowest BCUT2D eigenvalue weighted by molar-refractivity contribution is 0.483. The van der Waals surface area contributed by atoms with Crippen LogP contribution < -0.4 is 0 Å². The third kappa shape index (κ3) is 4.09. The highest BCUT2D eigenvalue weighted by Crippen LogP contribution is 2.41. The van der Waals surface area contributed by atoms with Gasteiger partial charge >= 0.3 is 0 Å². The summed E-state index contributed by atoms with van der Waals surface area (Å²) in [6.45, 7) is 9.39. The van der Waals surface area contributed by atoms with Gasteiger partial charge < -0.3 is 0 Å². The molecule has 0 spiro atoms. The van der Waals surface area contributed by atoms with E-state index in [0.29, 0.717) is 11.1 Å². The topological polar surface area (TPSA) is 54.4 Å². The van der Waals surface area contributed by atoms with E-state index in [-0.39, 0.29) is 10.7 Å². The summed E-state index contributed by atoms with van der Waals surface area (Å²) in [5.41, 5.74) is 7.19. The molecule has 3 rings (SSSR count). The van der Waals surface area contributed by atoms with Crippen LogP contribution in [0.1, 0.15) is 34.7 Å². The Morgan fingerprint density at radius 1 is 0.867 bits per heavy atom. The molecular weight excluding hydrogens is 399 g/mol. The van der Waals surface area contributed by atoms with Crippen LogP contribution in [-0.2, 0) is 10.1 Å². The van der Waals surface area contributed by atoms with Crippen molar-refractivity contribution >= 4 is 16.2 Å². The van der Waals surface area contributed by atoms with Crippen molar-refractivity contribution in [3.05, 3.63) is 82.2 Å². The van der Waals surface area contributed by atoms with Crippen molar-refractivity contribution in [1.82, 2.24) is 0 Å². The fourth-order valence-electron chi connectivity index (χ4n) is 3.94. The molecule has 0 fully saturated rings. The molecule has 0 heterocycles. The normalized spacial score (nSPS) is 12.0. The van der Waals surface area contributed by atoms with E-state index in [0.717, 1.165) is 38.9 Å². The Balaban J connectivity index is 2.49. The van der Waals surface area contributed by atoms with Crippen molar-refractivity contribution in [2.75, 3.05) is 0 Å². The maximum Gasteiger partial charge on any atom is 0.295 e. The van der Waals surface area contributed by atoms with Gasteiger partial charge in [0, 0.05) is 5.56 Å². The number of benzene rings is 3. The predicted molar refractivity (Wildman–Crippen MR) is 121 cm³/mol. The number of aryl methyl sites for hydroxylation is 4. The molecule has 0 aromatic heterocycles. The van der Waals surface area contributed by atoms with Gasteiger partial charge in [-0.1, -0.05) is 42.0 Å². The van der Waals surface area contributed by atoms with E-state index in [2.05, 4.69) is 0 Å². The van der Waals surface area contributed by atoms with Crippen LogP contribution in [-0.4, -0.2) is 13.0 Å². The second-order valence-corrected chi connectivity index (χ2v) is 9.00. The molecule has 3 aromatic carbocycles. The molecule has 0 unspecified atom stereocenters. The van der Waals surface area contributed by atoms with E-state index >= 15 is 0 Å². The van der Waals surface area contributed by atoms with E-state index in [1.165, 1.54) is 12.1 Å². The lowest BCUT2D eigenvalue weighted by atomic mass is 9.85. The third-order valence-corrected chi connectivity index (χ3v) is 6.14. The molecule has 0 bridgehead atoms. The molecule has 0 aliphatic rings. The van der Waals surface area contributed by atoms with Crippen molar-refractivity contribution < 1.29 is 17.4 Å². The minimum atomic E-state index is -4.41. The molecule has 0 atom stereocenters. The summed E-state index contributed by atoms with van der Waals surface area (Å²) in [6.07, 6.45) is 3.45. The van der Waals surface area contributed by atoms with Crippen molar-refractivity contribution in [2.24, 2.45) is 0 Å². The third-order valence-electron chi connectivity index (χ3n) is 5.22. The van der Waals surface area contributed by atoms with Gasteiger partial charge in [-0.25, -0.2) is 4.39 Å². The number of hydrogen-bond acceptors (Lipinski definition) is 2. The van der Waals surface area contributed by atoms with E-state index in [4.69, 9.17) is 0 Å². The molecule has 3 nitrogen and oxygen atoms in total. The molecule has 5 heteroatoms. The second-order valence-electron chi connectivity index (χ2n) is 7.61. The highest BCUT2D eigenvalue weighted by atomic mass is 32.2. The van der Waals surface area contributed by atoms with Gasteiger partial charge in [-0.05, 0) is 91.8 Å². The van der Waals surface area contributed by atoms with Crippen molar-refractivity contribution in [3.8, 4) is 22.3 Å². The minimum Gasteiger partial charge on any atom is -0.282 e. The molecule has 0 saturated heterocycles. The van der Waals surface area contributed by atoms with Gasteiger partial charge in [-0.2, -0.15) is 8.42 Å². The van der Waals surface area contributed by atoms with Crippen LogP contribution in [0.3, 0.4) is 0 Å². The first-order valence-electron chi connectivity index (χ1n) is 9.66. The molecule has 0 aliphatic carbocycles. The summed E-state index contributed by atoms with van der Waals surface area (Å²) in [4.78, 5) is -0.137. The van der Waals surface area contributed by atoms with Crippen LogP contribution in [0.25, 0.3) is 28.3 Å². The van der Waals surface area contributed by atoms with Crippen LogP contribution in [0.4, 0.5) is 4.39 Å². The molecule has 3 aromatic rings. The van der Waals surface area contributed by atoms with E-state index in [9.17, 15) is 17.4 Å². The highest BCUT2D eigenvalue weighted by Gasteiger charge is 2.22. The first-order valence-corrected chi connectivity index (χ1v) is 11.1. The number of hydrogen-bond donors (Lipinski definition) is 1. The Morgan fingerprint density at radius 2 is 1.57 bits per heavy atom. The van der Waals surface area contributed by atoms with Crippen LogP contribution >= 0.6 is 0 Å².